The molecule has 1 aromatic rings. The fourth-order valence-electron chi connectivity index (χ4n) is 5.67. The van der Waals surface area contributed by atoms with Crippen molar-refractivity contribution in [3.63, 3.8) is 0 Å². The molecule has 5 atom stereocenters. The first-order valence-corrected chi connectivity index (χ1v) is 12.6. The maximum atomic E-state index is 13.6. The lowest BCUT2D eigenvalue weighted by molar-refractivity contribution is -0.139. The first-order chi connectivity index (χ1) is 15.4. The van der Waals surface area contributed by atoms with Crippen molar-refractivity contribution in [3.8, 4) is 0 Å². The Balaban J connectivity index is 1.62. The highest BCUT2D eigenvalue weighted by atomic mass is 35.5. The zero-order valence-corrected chi connectivity index (χ0v) is 19.8. The van der Waals surface area contributed by atoms with Gasteiger partial charge in [-0.15, -0.1) is 11.8 Å². The Morgan fingerprint density at radius 2 is 1.97 bits per heavy atom. The predicted octanol–water partition coefficient (Wildman–Crippen LogP) is 2.67. The number of aliphatic hydroxyl groups is 1. The van der Waals surface area contributed by atoms with Gasteiger partial charge >= 0.3 is 0 Å². The number of carbonyl (C=O) groups is 3. The second-order valence-corrected chi connectivity index (χ2v) is 10.8. The average Bonchev–Trinajstić information content (AvgIpc) is 3.42. The number of benzene rings is 1. The number of thioether (sulfide) groups is 1. The van der Waals surface area contributed by atoms with Crippen LogP contribution in [0.15, 0.2) is 24.3 Å². The molecule has 3 fully saturated rings. The van der Waals surface area contributed by atoms with Gasteiger partial charge in [0.05, 0.1) is 27.3 Å². The Bertz CT molecular complexity index is 900. The van der Waals surface area contributed by atoms with Crippen molar-refractivity contribution in [2.45, 2.75) is 54.6 Å². The van der Waals surface area contributed by atoms with Crippen molar-refractivity contribution < 1.29 is 19.5 Å². The number of rotatable bonds is 9. The van der Waals surface area contributed by atoms with Crippen LogP contribution in [0.25, 0.3) is 0 Å². The minimum Gasteiger partial charge on any atom is -0.396 e. The zero-order valence-electron chi connectivity index (χ0n) is 18.2. The van der Waals surface area contributed by atoms with Crippen LogP contribution in [0.3, 0.4) is 0 Å². The highest BCUT2D eigenvalue weighted by molar-refractivity contribution is 8.02. The van der Waals surface area contributed by atoms with Crippen molar-refractivity contribution >= 4 is 46.8 Å². The molecule has 4 rings (SSSR count). The van der Waals surface area contributed by atoms with Crippen LogP contribution < -0.4 is 10.6 Å². The third-order valence-electron chi connectivity index (χ3n) is 7.04. The maximum Gasteiger partial charge on any atom is 0.248 e. The predicted molar refractivity (Wildman–Crippen MR) is 126 cm³/mol. The molecule has 0 aliphatic carbocycles. The molecule has 2 unspecified atom stereocenters. The number of unbranched alkanes of at least 4 members (excludes halogenated alkanes) is 3. The lowest BCUT2D eigenvalue weighted by atomic mass is 9.71. The van der Waals surface area contributed by atoms with Gasteiger partial charge in [-0.3, -0.25) is 14.4 Å². The van der Waals surface area contributed by atoms with Gasteiger partial charge in [0.2, 0.25) is 17.7 Å². The Hall–Kier alpha value is -1.77. The van der Waals surface area contributed by atoms with Gasteiger partial charge < -0.3 is 20.6 Å². The number of hydrogen-bond acceptors (Lipinski definition) is 5. The zero-order chi connectivity index (χ0) is 22.9. The quantitative estimate of drug-likeness (QED) is 0.473. The van der Waals surface area contributed by atoms with Gasteiger partial charge in [-0.05, 0) is 37.8 Å². The van der Waals surface area contributed by atoms with E-state index in [1.165, 1.54) is 0 Å². The minimum atomic E-state index is -0.640. The third-order valence-corrected chi connectivity index (χ3v) is 9.32. The number of likely N-dealkylation sites (tertiary alicyclic amines) is 1. The van der Waals surface area contributed by atoms with E-state index in [2.05, 4.69) is 10.6 Å². The van der Waals surface area contributed by atoms with Crippen LogP contribution in [-0.4, -0.2) is 64.0 Å². The molecule has 7 nitrogen and oxygen atoms in total. The van der Waals surface area contributed by atoms with Crippen LogP contribution in [0.1, 0.15) is 38.5 Å². The second-order valence-electron chi connectivity index (χ2n) is 8.81. The number of aliphatic hydroxyl groups excluding tert-OH is 1. The molecule has 3 amide bonds. The smallest absolute Gasteiger partial charge is 0.248 e. The number of nitrogens with zero attached hydrogens (tertiary/aromatic N) is 1. The summed E-state index contributed by atoms with van der Waals surface area (Å²) in [6.45, 7) is 0.622. The summed E-state index contributed by atoms with van der Waals surface area (Å²) >= 11 is 7.93. The van der Waals surface area contributed by atoms with Gasteiger partial charge in [-0.25, -0.2) is 0 Å². The molecule has 1 spiro atoms. The van der Waals surface area contributed by atoms with E-state index in [1.54, 1.807) is 48.0 Å². The van der Waals surface area contributed by atoms with Gasteiger partial charge in [0.1, 0.15) is 6.04 Å². The topological polar surface area (TPSA) is 98.7 Å². The number of nitrogens with one attached hydrogen (secondary N) is 2. The lowest BCUT2D eigenvalue weighted by Crippen LogP contribution is -2.51. The molecule has 1 aromatic carbocycles. The summed E-state index contributed by atoms with van der Waals surface area (Å²) in [5.74, 6) is -1.32. The van der Waals surface area contributed by atoms with Crippen LogP contribution in [0.2, 0.25) is 5.02 Å². The standard InChI is InChI=1S/C23H30ClN3O4S/c1-25-20(29)17-16-10-11-23(32-16)18(17)22(31)27(12-6-2-3-7-13-28)19(23)21(30)26-15-9-5-4-8-14(15)24/h4-5,8-9,16-19,28H,2-3,6-7,10-13H2,1H3,(H,25,29)(H,26,30)/t16-,17+,18-,19?,23?/m0/s1. The van der Waals surface area contributed by atoms with E-state index in [4.69, 9.17) is 16.7 Å². The fourth-order valence-corrected chi connectivity index (χ4v) is 8.07. The molecule has 9 heteroatoms. The van der Waals surface area contributed by atoms with E-state index in [-0.39, 0.29) is 29.6 Å². The van der Waals surface area contributed by atoms with E-state index >= 15 is 0 Å². The van der Waals surface area contributed by atoms with E-state index in [1.807, 2.05) is 0 Å². The van der Waals surface area contributed by atoms with Gasteiger partial charge in [-0.2, -0.15) is 0 Å². The SMILES string of the molecule is CNC(=O)[C@@H]1[C@@H]2CCC3(S2)C(C(=O)Nc2ccccc2Cl)N(CCCCCCO)C(=O)[C@H]13. The highest BCUT2D eigenvalue weighted by Crippen LogP contribution is 2.66. The molecule has 174 valence electrons. The molecule has 3 aliphatic rings. The molecule has 0 saturated carbocycles. The largest absolute Gasteiger partial charge is 0.396 e. The van der Waals surface area contributed by atoms with Crippen LogP contribution in [0.5, 0.6) is 0 Å². The number of halogens is 1. The van der Waals surface area contributed by atoms with Crippen LogP contribution in [0.4, 0.5) is 5.69 Å². The summed E-state index contributed by atoms with van der Waals surface area (Å²) in [5.41, 5.74) is 0.523. The van der Waals surface area contributed by atoms with Crippen molar-refractivity contribution in [3.05, 3.63) is 29.3 Å². The van der Waals surface area contributed by atoms with Crippen LogP contribution in [-0.2, 0) is 14.4 Å². The summed E-state index contributed by atoms with van der Waals surface area (Å²) in [5, 5.41) is 15.2. The van der Waals surface area contributed by atoms with Crippen LogP contribution in [0, 0.1) is 11.8 Å². The monoisotopic (exact) mass is 479 g/mol. The molecule has 3 saturated heterocycles. The van der Waals surface area contributed by atoms with Crippen molar-refractivity contribution in [1.82, 2.24) is 10.2 Å². The normalized spacial score (nSPS) is 30.5. The molecule has 3 aliphatic heterocycles. The van der Waals surface area contributed by atoms with Gasteiger partial charge in [0, 0.05) is 25.4 Å². The number of amides is 3. The van der Waals surface area contributed by atoms with Gasteiger partial charge in [0.25, 0.3) is 0 Å². The maximum absolute atomic E-state index is 13.6. The molecule has 32 heavy (non-hydrogen) atoms. The van der Waals surface area contributed by atoms with E-state index < -0.39 is 22.6 Å². The first kappa shape index (κ1) is 23.4. The summed E-state index contributed by atoms with van der Waals surface area (Å²) < 4.78 is -0.588. The number of para-hydroxylation sites is 1. The molecule has 3 heterocycles. The summed E-state index contributed by atoms with van der Waals surface area (Å²) in [7, 11) is 1.60. The van der Waals surface area contributed by atoms with E-state index in [0.717, 1.165) is 38.5 Å². The Morgan fingerprint density at radius 1 is 1.22 bits per heavy atom. The molecule has 3 N–H and O–H groups in total. The number of hydrogen-bond donors (Lipinski definition) is 3. The summed E-state index contributed by atoms with van der Waals surface area (Å²) in [6.07, 6.45) is 4.80. The molecular weight excluding hydrogens is 450 g/mol. The Kier molecular flexibility index (Phi) is 7.03. The van der Waals surface area contributed by atoms with E-state index in [0.29, 0.717) is 17.3 Å². The molecule has 2 bridgehead atoms. The summed E-state index contributed by atoms with van der Waals surface area (Å²) in [6, 6.07) is 6.43. The number of anilines is 1. The van der Waals surface area contributed by atoms with Crippen molar-refractivity contribution in [2.24, 2.45) is 11.8 Å². The molecule has 0 aromatic heterocycles. The first-order valence-electron chi connectivity index (χ1n) is 11.3. The molecular formula is C23H30ClN3O4S. The summed E-state index contributed by atoms with van der Waals surface area (Å²) in [4.78, 5) is 41.7. The fraction of sp³-hybridized carbons (Fsp3) is 0.609. The van der Waals surface area contributed by atoms with Crippen LogP contribution >= 0.6 is 23.4 Å². The number of carbonyl (C=O) groups excluding carboxylic acids is 3. The Morgan fingerprint density at radius 3 is 2.69 bits per heavy atom. The van der Waals surface area contributed by atoms with E-state index in [9.17, 15) is 14.4 Å². The lowest BCUT2D eigenvalue weighted by Gasteiger charge is -2.34. The minimum absolute atomic E-state index is 0.0613. The number of fused-ring (bicyclic) bond motifs is 1. The van der Waals surface area contributed by atoms with Crippen molar-refractivity contribution in [1.29, 1.82) is 0 Å². The van der Waals surface area contributed by atoms with Gasteiger partial charge in [0.15, 0.2) is 0 Å². The highest BCUT2D eigenvalue weighted by Gasteiger charge is 2.73. The average molecular weight is 480 g/mol. The second kappa shape index (κ2) is 9.61. The third kappa shape index (κ3) is 3.90. The molecule has 0 radical (unpaired) electrons. The Labute approximate surface area is 197 Å². The van der Waals surface area contributed by atoms with Gasteiger partial charge in [-0.1, -0.05) is 36.6 Å². The van der Waals surface area contributed by atoms with Crippen molar-refractivity contribution in [2.75, 3.05) is 25.5 Å².